The number of unbranched alkanes of at least 4 members (excludes halogenated alkanes) is 1. The van der Waals surface area contributed by atoms with Crippen LogP contribution in [0, 0.1) is 35.5 Å². The van der Waals surface area contributed by atoms with E-state index in [1.165, 1.54) is 64.2 Å². The molecule has 156 valence electrons. The maximum absolute atomic E-state index is 2.45. The fraction of sp³-hybridized carbons (Fsp3) is 0.926. The first-order valence-electron chi connectivity index (χ1n) is 12.9. The van der Waals surface area contributed by atoms with Gasteiger partial charge in [0, 0.05) is 0 Å². The van der Waals surface area contributed by atoms with E-state index in [9.17, 15) is 0 Å². The zero-order chi connectivity index (χ0) is 18.9. The van der Waals surface area contributed by atoms with Gasteiger partial charge >= 0.3 is 0 Å². The average molecular weight is 373 g/mol. The first-order chi connectivity index (χ1) is 13.3. The van der Waals surface area contributed by atoms with Crippen molar-refractivity contribution in [1.29, 1.82) is 0 Å². The second-order valence-corrected chi connectivity index (χ2v) is 10.6. The van der Waals surface area contributed by atoms with E-state index >= 15 is 0 Å². The maximum atomic E-state index is 2.45. The first-order valence-corrected chi connectivity index (χ1v) is 12.9. The highest BCUT2D eigenvalue weighted by Crippen LogP contribution is 2.43. The number of rotatable bonds is 8. The maximum Gasteiger partial charge on any atom is -0.0233 e. The van der Waals surface area contributed by atoms with Gasteiger partial charge in [0.25, 0.3) is 0 Å². The van der Waals surface area contributed by atoms with Gasteiger partial charge in [0.1, 0.15) is 0 Å². The fourth-order valence-corrected chi connectivity index (χ4v) is 6.82. The highest BCUT2D eigenvalue weighted by Gasteiger charge is 2.30. The van der Waals surface area contributed by atoms with Crippen molar-refractivity contribution in [3.05, 3.63) is 12.2 Å². The van der Waals surface area contributed by atoms with Crippen LogP contribution in [0.5, 0.6) is 0 Å². The molecule has 0 amide bonds. The van der Waals surface area contributed by atoms with Gasteiger partial charge in [-0.1, -0.05) is 76.9 Å². The minimum atomic E-state index is 0.901. The van der Waals surface area contributed by atoms with Crippen LogP contribution in [0.25, 0.3) is 0 Å². The third kappa shape index (κ3) is 6.93. The predicted octanol–water partition coefficient (Wildman–Crippen LogP) is 8.95. The highest BCUT2D eigenvalue weighted by atomic mass is 14.4. The molecule has 0 heteroatoms. The summed E-state index contributed by atoms with van der Waals surface area (Å²) in [5, 5.41) is 0. The molecule has 3 saturated carbocycles. The van der Waals surface area contributed by atoms with Crippen molar-refractivity contribution >= 4 is 0 Å². The Balaban J connectivity index is 1.22. The molecule has 0 spiro atoms. The van der Waals surface area contributed by atoms with Gasteiger partial charge in [-0.3, -0.25) is 0 Å². The average Bonchev–Trinajstić information content (AvgIpc) is 2.73. The molecule has 0 N–H and O–H groups in total. The van der Waals surface area contributed by atoms with Crippen LogP contribution < -0.4 is 0 Å². The van der Waals surface area contributed by atoms with Crippen molar-refractivity contribution in [2.75, 3.05) is 0 Å². The van der Waals surface area contributed by atoms with Gasteiger partial charge in [0.15, 0.2) is 0 Å². The molecule has 0 nitrogen and oxygen atoms in total. The molecule has 0 atom stereocenters. The predicted molar refractivity (Wildman–Crippen MR) is 120 cm³/mol. The van der Waals surface area contributed by atoms with Crippen molar-refractivity contribution in [2.24, 2.45) is 35.5 Å². The van der Waals surface area contributed by atoms with Crippen LogP contribution in [0.2, 0.25) is 0 Å². The zero-order valence-corrected chi connectivity index (χ0v) is 18.6. The number of hydrogen-bond acceptors (Lipinski definition) is 0. The SMILES string of the molecule is C/C=C/[C@H]1CC[C@H](CCCCC2CCC([C@H]3CC[C@H](CC)CC3)CC2)CC1. The summed E-state index contributed by atoms with van der Waals surface area (Å²) in [5.74, 6) is 6.31. The van der Waals surface area contributed by atoms with Gasteiger partial charge in [-0.25, -0.2) is 0 Å². The molecule has 27 heavy (non-hydrogen) atoms. The number of allylic oxidation sites excluding steroid dienone is 2. The molecule has 0 bridgehead atoms. The Morgan fingerprint density at radius 3 is 1.48 bits per heavy atom. The molecule has 0 saturated heterocycles. The Labute approximate surface area is 171 Å². The lowest BCUT2D eigenvalue weighted by Crippen LogP contribution is -2.25. The molecule has 3 rings (SSSR count). The van der Waals surface area contributed by atoms with E-state index < -0.39 is 0 Å². The van der Waals surface area contributed by atoms with Crippen molar-refractivity contribution in [3.8, 4) is 0 Å². The van der Waals surface area contributed by atoms with E-state index in [-0.39, 0.29) is 0 Å². The van der Waals surface area contributed by atoms with Crippen LogP contribution in [-0.4, -0.2) is 0 Å². The van der Waals surface area contributed by atoms with Crippen LogP contribution in [0.4, 0.5) is 0 Å². The topological polar surface area (TPSA) is 0 Å². The molecular formula is C27H48. The third-order valence-electron chi connectivity index (χ3n) is 8.86. The van der Waals surface area contributed by atoms with E-state index in [1.807, 2.05) is 0 Å². The standard InChI is InChI=1S/C27H48/c1-3-7-23-10-12-24(13-11-23)8-5-6-9-25-16-20-27(21-17-25)26-18-14-22(4-2)15-19-26/h3,7,22-27H,4-6,8-21H2,1-2H3/b7-3+/t22-,23-,24-,25?,26-,27?. The second-order valence-electron chi connectivity index (χ2n) is 10.6. The minimum absolute atomic E-state index is 0.901. The van der Waals surface area contributed by atoms with Crippen molar-refractivity contribution in [2.45, 2.75) is 123 Å². The van der Waals surface area contributed by atoms with Gasteiger partial charge in [-0.2, -0.15) is 0 Å². The van der Waals surface area contributed by atoms with Crippen LogP contribution >= 0.6 is 0 Å². The molecule has 0 heterocycles. The molecule has 0 aliphatic heterocycles. The van der Waals surface area contributed by atoms with Crippen molar-refractivity contribution in [3.63, 3.8) is 0 Å². The van der Waals surface area contributed by atoms with Gasteiger partial charge in [-0.05, 0) is 93.8 Å². The Kier molecular flexibility index (Phi) is 9.27. The van der Waals surface area contributed by atoms with Crippen LogP contribution in [0.1, 0.15) is 123 Å². The first kappa shape index (κ1) is 21.4. The normalized spacial score (nSPS) is 38.3. The zero-order valence-electron chi connectivity index (χ0n) is 18.6. The lowest BCUT2D eigenvalue weighted by molar-refractivity contribution is 0.141. The molecule has 0 radical (unpaired) electrons. The van der Waals surface area contributed by atoms with E-state index in [1.54, 1.807) is 44.9 Å². The Morgan fingerprint density at radius 2 is 1.04 bits per heavy atom. The smallest absolute Gasteiger partial charge is 0.0233 e. The summed E-state index contributed by atoms with van der Waals surface area (Å²) in [6, 6.07) is 0. The quantitative estimate of drug-likeness (QED) is 0.294. The Morgan fingerprint density at radius 1 is 0.593 bits per heavy atom. The van der Waals surface area contributed by atoms with Gasteiger partial charge in [0.05, 0.1) is 0 Å². The van der Waals surface area contributed by atoms with E-state index in [2.05, 4.69) is 26.0 Å². The summed E-state index contributed by atoms with van der Waals surface area (Å²) in [7, 11) is 0. The van der Waals surface area contributed by atoms with Crippen molar-refractivity contribution in [1.82, 2.24) is 0 Å². The molecule has 0 aromatic heterocycles. The van der Waals surface area contributed by atoms with Crippen molar-refractivity contribution < 1.29 is 0 Å². The number of hydrogen-bond donors (Lipinski definition) is 0. The van der Waals surface area contributed by atoms with Gasteiger partial charge in [0.2, 0.25) is 0 Å². The van der Waals surface area contributed by atoms with Gasteiger partial charge in [-0.15, -0.1) is 0 Å². The molecule has 3 aliphatic rings. The summed E-state index contributed by atoms with van der Waals surface area (Å²) >= 11 is 0. The molecule has 0 aromatic rings. The summed E-state index contributed by atoms with van der Waals surface area (Å²) in [5.41, 5.74) is 0. The van der Waals surface area contributed by atoms with Gasteiger partial charge < -0.3 is 0 Å². The largest absolute Gasteiger partial charge is 0.0914 e. The lowest BCUT2D eigenvalue weighted by Gasteiger charge is -2.37. The monoisotopic (exact) mass is 372 g/mol. The minimum Gasteiger partial charge on any atom is -0.0914 e. The van der Waals surface area contributed by atoms with Crippen LogP contribution in [0.3, 0.4) is 0 Å². The van der Waals surface area contributed by atoms with E-state index in [0.717, 1.165) is 35.5 Å². The second kappa shape index (κ2) is 11.7. The van der Waals surface area contributed by atoms with Crippen LogP contribution in [-0.2, 0) is 0 Å². The third-order valence-corrected chi connectivity index (χ3v) is 8.86. The van der Waals surface area contributed by atoms with Crippen LogP contribution in [0.15, 0.2) is 12.2 Å². The fourth-order valence-electron chi connectivity index (χ4n) is 6.82. The summed E-state index contributed by atoms with van der Waals surface area (Å²) in [6.45, 7) is 4.57. The summed E-state index contributed by atoms with van der Waals surface area (Å²) in [4.78, 5) is 0. The molecule has 3 aliphatic carbocycles. The Hall–Kier alpha value is -0.260. The summed E-state index contributed by atoms with van der Waals surface area (Å²) < 4.78 is 0. The van der Waals surface area contributed by atoms with E-state index in [4.69, 9.17) is 0 Å². The van der Waals surface area contributed by atoms with E-state index in [0.29, 0.717) is 0 Å². The molecule has 0 unspecified atom stereocenters. The highest BCUT2D eigenvalue weighted by molar-refractivity contribution is 4.88. The molecule has 3 fully saturated rings. The molecular weight excluding hydrogens is 324 g/mol. The Bertz CT molecular complexity index is 398. The lowest BCUT2D eigenvalue weighted by atomic mass is 9.68. The summed E-state index contributed by atoms with van der Waals surface area (Å²) in [6.07, 6.45) is 30.6. The molecule has 0 aromatic carbocycles.